The fourth-order valence-electron chi connectivity index (χ4n) is 0.917. The van der Waals surface area contributed by atoms with Crippen LogP contribution in [0.15, 0.2) is 21.1 Å². The van der Waals surface area contributed by atoms with Crippen LogP contribution in [0, 0.1) is 0 Å². The largest absolute Gasteiger partial charge is 0.467 e. The summed E-state index contributed by atoms with van der Waals surface area (Å²) in [4.78, 5) is 10.8. The molecule has 0 aliphatic rings. The molecule has 0 unspecified atom stereocenters. The summed E-state index contributed by atoms with van der Waals surface area (Å²) >= 11 is 6.57. The number of halogens is 2. The maximum absolute atomic E-state index is 10.8. The monoisotopic (exact) mass is 322 g/mol. The highest BCUT2D eigenvalue weighted by atomic mass is 79.9. The molecule has 0 amide bonds. The Labute approximate surface area is 98.6 Å². The van der Waals surface area contributed by atoms with E-state index >= 15 is 0 Å². The number of carbonyl (C=O) groups excluding carboxylic acids is 1. The average molecular weight is 324 g/mol. The van der Waals surface area contributed by atoms with Crippen molar-refractivity contribution in [1.82, 2.24) is 0 Å². The minimum Gasteiger partial charge on any atom is -0.467 e. The van der Waals surface area contributed by atoms with Gasteiger partial charge in [-0.1, -0.05) is 15.9 Å². The van der Waals surface area contributed by atoms with Gasteiger partial charge >= 0.3 is 0 Å². The summed E-state index contributed by atoms with van der Waals surface area (Å²) in [6.07, 6.45) is 0.738. The molecule has 0 saturated carbocycles. The van der Waals surface area contributed by atoms with E-state index in [0.717, 1.165) is 10.8 Å². The number of hydrogen-bond donors (Lipinski definition) is 0. The second-order valence-electron chi connectivity index (χ2n) is 2.47. The van der Waals surface area contributed by atoms with Gasteiger partial charge in [0.2, 0.25) is 0 Å². The standard InChI is InChI=1S/C9H8Br2O3/c1-13-5-14-9-3-6(10)2-8(11)7(9)4-12/h2-4H,5H2,1H3. The molecule has 0 fully saturated rings. The average Bonchev–Trinajstić information content (AvgIpc) is 2.14. The zero-order valence-corrected chi connectivity index (χ0v) is 10.6. The predicted octanol–water partition coefficient (Wildman–Crippen LogP) is 3.01. The number of carbonyl (C=O) groups is 1. The molecule has 1 aromatic carbocycles. The highest BCUT2D eigenvalue weighted by molar-refractivity contribution is 9.11. The van der Waals surface area contributed by atoms with Gasteiger partial charge in [-0.15, -0.1) is 0 Å². The van der Waals surface area contributed by atoms with E-state index in [1.54, 1.807) is 12.1 Å². The third-order valence-corrected chi connectivity index (χ3v) is 2.62. The Kier molecular flexibility index (Phi) is 4.57. The summed E-state index contributed by atoms with van der Waals surface area (Å²) in [5.41, 5.74) is 0.477. The molecule has 1 rings (SSSR count). The lowest BCUT2D eigenvalue weighted by Crippen LogP contribution is -2.01. The molecule has 0 aliphatic heterocycles. The van der Waals surface area contributed by atoms with Gasteiger partial charge in [-0.3, -0.25) is 4.79 Å². The first kappa shape index (κ1) is 11.7. The van der Waals surface area contributed by atoms with Gasteiger partial charge in [0.1, 0.15) is 5.75 Å². The Bertz CT molecular complexity index is 339. The molecule has 0 radical (unpaired) electrons. The van der Waals surface area contributed by atoms with E-state index in [4.69, 9.17) is 9.47 Å². The Hall–Kier alpha value is -0.390. The van der Waals surface area contributed by atoms with Gasteiger partial charge in [0.05, 0.1) is 5.56 Å². The number of ether oxygens (including phenoxy) is 2. The lowest BCUT2D eigenvalue weighted by Gasteiger charge is -2.08. The van der Waals surface area contributed by atoms with Gasteiger partial charge in [-0.05, 0) is 28.1 Å². The van der Waals surface area contributed by atoms with Gasteiger partial charge < -0.3 is 9.47 Å². The van der Waals surface area contributed by atoms with E-state index in [1.165, 1.54) is 7.11 Å². The van der Waals surface area contributed by atoms with Crippen molar-refractivity contribution < 1.29 is 14.3 Å². The van der Waals surface area contributed by atoms with Crippen LogP contribution in [-0.2, 0) is 4.74 Å². The molecule has 14 heavy (non-hydrogen) atoms. The van der Waals surface area contributed by atoms with Crippen molar-refractivity contribution in [2.45, 2.75) is 0 Å². The molecule has 0 spiro atoms. The van der Waals surface area contributed by atoms with E-state index in [1.807, 2.05) is 0 Å². The SMILES string of the molecule is COCOc1cc(Br)cc(Br)c1C=O. The molecular formula is C9H8Br2O3. The van der Waals surface area contributed by atoms with E-state index in [0.29, 0.717) is 15.8 Å². The van der Waals surface area contributed by atoms with Crippen molar-refractivity contribution in [2.24, 2.45) is 0 Å². The van der Waals surface area contributed by atoms with Crippen LogP contribution in [0.5, 0.6) is 5.75 Å². The molecule has 0 atom stereocenters. The number of aldehydes is 1. The van der Waals surface area contributed by atoms with Crippen LogP contribution in [0.3, 0.4) is 0 Å². The Morgan fingerprint density at radius 2 is 2.14 bits per heavy atom. The van der Waals surface area contributed by atoms with Crippen LogP contribution in [-0.4, -0.2) is 20.2 Å². The number of benzene rings is 1. The van der Waals surface area contributed by atoms with Crippen molar-refractivity contribution in [1.29, 1.82) is 0 Å². The molecule has 0 aliphatic carbocycles. The molecule has 0 aromatic heterocycles. The summed E-state index contributed by atoms with van der Waals surface area (Å²) in [5, 5.41) is 0. The number of methoxy groups -OCH3 is 1. The quantitative estimate of drug-likeness (QED) is 0.631. The first-order valence-electron chi connectivity index (χ1n) is 3.75. The molecule has 0 saturated heterocycles. The number of hydrogen-bond acceptors (Lipinski definition) is 3. The predicted molar refractivity (Wildman–Crippen MR) is 59.7 cm³/mol. The van der Waals surface area contributed by atoms with Gasteiger partial charge in [-0.25, -0.2) is 0 Å². The summed E-state index contributed by atoms with van der Waals surface area (Å²) < 4.78 is 11.5. The first-order valence-corrected chi connectivity index (χ1v) is 5.33. The maximum Gasteiger partial charge on any atom is 0.188 e. The Morgan fingerprint density at radius 1 is 1.43 bits per heavy atom. The van der Waals surface area contributed by atoms with Gasteiger partial charge in [0, 0.05) is 16.1 Å². The van der Waals surface area contributed by atoms with Crippen LogP contribution < -0.4 is 4.74 Å². The van der Waals surface area contributed by atoms with E-state index in [9.17, 15) is 4.79 Å². The summed E-state index contributed by atoms with van der Waals surface area (Å²) in [5.74, 6) is 0.489. The van der Waals surface area contributed by atoms with Crippen LogP contribution in [0.1, 0.15) is 10.4 Å². The summed E-state index contributed by atoms with van der Waals surface area (Å²) in [6.45, 7) is 0.115. The fourth-order valence-corrected chi connectivity index (χ4v) is 2.20. The highest BCUT2D eigenvalue weighted by Crippen LogP contribution is 2.30. The van der Waals surface area contributed by atoms with Crippen LogP contribution in [0.4, 0.5) is 0 Å². The zero-order chi connectivity index (χ0) is 10.6. The first-order chi connectivity index (χ1) is 6.69. The topological polar surface area (TPSA) is 35.5 Å². The maximum atomic E-state index is 10.8. The Morgan fingerprint density at radius 3 is 2.71 bits per heavy atom. The fraction of sp³-hybridized carbons (Fsp3) is 0.222. The van der Waals surface area contributed by atoms with Gasteiger partial charge in [0.25, 0.3) is 0 Å². The van der Waals surface area contributed by atoms with Crippen molar-refractivity contribution >= 4 is 38.1 Å². The molecule has 76 valence electrons. The van der Waals surface area contributed by atoms with E-state index in [2.05, 4.69) is 31.9 Å². The molecule has 1 aromatic rings. The lowest BCUT2D eigenvalue weighted by molar-refractivity contribution is 0.0504. The molecule has 3 nitrogen and oxygen atoms in total. The number of rotatable bonds is 4. The van der Waals surface area contributed by atoms with Crippen molar-refractivity contribution in [2.75, 3.05) is 13.9 Å². The molecule has 0 heterocycles. The van der Waals surface area contributed by atoms with Gasteiger partial charge in [0.15, 0.2) is 13.1 Å². The second-order valence-corrected chi connectivity index (χ2v) is 4.24. The lowest BCUT2D eigenvalue weighted by atomic mass is 10.2. The van der Waals surface area contributed by atoms with Crippen LogP contribution >= 0.6 is 31.9 Å². The van der Waals surface area contributed by atoms with Crippen molar-refractivity contribution in [3.8, 4) is 5.75 Å². The van der Waals surface area contributed by atoms with Crippen molar-refractivity contribution in [3.63, 3.8) is 0 Å². The molecule has 0 bridgehead atoms. The van der Waals surface area contributed by atoms with E-state index in [-0.39, 0.29) is 6.79 Å². The highest BCUT2D eigenvalue weighted by Gasteiger charge is 2.08. The smallest absolute Gasteiger partial charge is 0.188 e. The van der Waals surface area contributed by atoms with Gasteiger partial charge in [-0.2, -0.15) is 0 Å². The van der Waals surface area contributed by atoms with Crippen LogP contribution in [0.2, 0.25) is 0 Å². The van der Waals surface area contributed by atoms with Crippen molar-refractivity contribution in [3.05, 3.63) is 26.6 Å². The van der Waals surface area contributed by atoms with Crippen LogP contribution in [0.25, 0.3) is 0 Å². The minimum atomic E-state index is 0.115. The molecular weight excluding hydrogens is 316 g/mol. The summed E-state index contributed by atoms with van der Waals surface area (Å²) in [7, 11) is 1.52. The third kappa shape index (κ3) is 2.80. The molecule has 5 heteroatoms. The third-order valence-electron chi connectivity index (χ3n) is 1.51. The molecule has 0 N–H and O–H groups in total. The zero-order valence-electron chi connectivity index (χ0n) is 7.42. The van der Waals surface area contributed by atoms with E-state index < -0.39 is 0 Å². The Balaban J connectivity index is 3.05. The second kappa shape index (κ2) is 5.48. The minimum absolute atomic E-state index is 0.115. The summed E-state index contributed by atoms with van der Waals surface area (Å²) in [6, 6.07) is 3.50. The normalized spacial score (nSPS) is 9.93.